The zero-order chi connectivity index (χ0) is 29.2. The van der Waals surface area contributed by atoms with Gasteiger partial charge in [0.15, 0.2) is 0 Å². The Kier molecular flexibility index (Phi) is 8.30. The number of hydrogen-bond donors (Lipinski definition) is 2. The standard InChI is InChI=1S/C30H27ClF3N5O2S/c31-21-14-18(32)9-10-20(21)26-25(22-7-4-8-23(37-22)27(33)34)24-13-17(15-36-30(40)41-19-5-2-1-3-6-19)16-39(24)28(38-26)29-35-11-12-42-29/h1-7,9-12,14,17,23,26-27,29,35H,8,13,15-16H2,(H,36,40)/t17-,23?,26+,29?/m1/s1. The summed E-state index contributed by atoms with van der Waals surface area (Å²) in [6.45, 7) is 0.848. The molecule has 0 aromatic heterocycles. The van der Waals surface area contributed by atoms with Crippen LogP contribution >= 0.6 is 23.4 Å². The molecule has 1 saturated heterocycles. The first-order chi connectivity index (χ1) is 20.4. The van der Waals surface area contributed by atoms with Crippen molar-refractivity contribution < 1.29 is 22.7 Å². The fourth-order valence-corrected chi connectivity index (χ4v) is 6.55. The van der Waals surface area contributed by atoms with E-state index >= 15 is 0 Å². The van der Waals surface area contributed by atoms with Gasteiger partial charge in [-0.1, -0.05) is 53.7 Å². The molecule has 4 heterocycles. The van der Waals surface area contributed by atoms with Crippen LogP contribution in [0.4, 0.5) is 18.0 Å². The molecule has 2 unspecified atom stereocenters. The Morgan fingerprint density at radius 2 is 2.05 bits per heavy atom. The minimum atomic E-state index is -2.62. The van der Waals surface area contributed by atoms with Gasteiger partial charge in [0.2, 0.25) is 0 Å². The van der Waals surface area contributed by atoms with Gasteiger partial charge in [0.25, 0.3) is 6.43 Å². The van der Waals surface area contributed by atoms with Crippen LogP contribution in [0.15, 0.2) is 93.5 Å². The van der Waals surface area contributed by atoms with Gasteiger partial charge in [-0.25, -0.2) is 18.0 Å². The second-order valence-corrected chi connectivity index (χ2v) is 11.6. The third-order valence-electron chi connectivity index (χ3n) is 7.41. The van der Waals surface area contributed by atoms with Gasteiger partial charge in [0.1, 0.15) is 34.9 Å². The number of rotatable bonds is 7. The number of amidine groups is 1. The van der Waals surface area contributed by atoms with Crippen molar-refractivity contribution in [3.8, 4) is 5.75 Å². The molecule has 4 atom stereocenters. The minimum absolute atomic E-state index is 0.0376. The number of fused-ring (bicyclic) bond motifs is 1. The van der Waals surface area contributed by atoms with Crippen LogP contribution in [0, 0.1) is 11.7 Å². The highest BCUT2D eigenvalue weighted by Gasteiger charge is 2.42. The SMILES string of the molecule is O=C(NC[C@H]1CC2=C(C3=NC(C(F)F)CC=C3)[C@H](c3ccc(F)cc3Cl)N=C(C3NC=CS3)N2C1)Oc1ccccc1. The summed E-state index contributed by atoms with van der Waals surface area (Å²) in [5.41, 5.74) is 2.47. The van der Waals surface area contributed by atoms with Crippen molar-refractivity contribution in [3.05, 3.63) is 100.0 Å². The van der Waals surface area contributed by atoms with Gasteiger partial charge in [0.05, 0.1) is 5.71 Å². The molecule has 2 aromatic rings. The third-order valence-corrected chi connectivity index (χ3v) is 8.65. The van der Waals surface area contributed by atoms with Gasteiger partial charge in [-0.05, 0) is 54.5 Å². The Labute approximate surface area is 250 Å². The molecule has 42 heavy (non-hydrogen) atoms. The van der Waals surface area contributed by atoms with E-state index in [1.54, 1.807) is 54.2 Å². The summed E-state index contributed by atoms with van der Waals surface area (Å²) in [6, 6.07) is 11.0. The number of nitrogens with one attached hydrogen (secondary N) is 2. The van der Waals surface area contributed by atoms with E-state index in [1.165, 1.54) is 12.1 Å². The van der Waals surface area contributed by atoms with Crippen molar-refractivity contribution in [2.45, 2.75) is 36.7 Å². The number of aliphatic imine (C=N–C) groups is 2. The van der Waals surface area contributed by atoms with E-state index in [-0.39, 0.29) is 22.7 Å². The van der Waals surface area contributed by atoms with Crippen LogP contribution in [0.2, 0.25) is 5.02 Å². The van der Waals surface area contributed by atoms with Crippen molar-refractivity contribution in [3.63, 3.8) is 0 Å². The lowest BCUT2D eigenvalue weighted by atomic mass is 9.89. The lowest BCUT2D eigenvalue weighted by molar-refractivity contribution is 0.117. The van der Waals surface area contributed by atoms with Gasteiger partial charge in [-0.15, -0.1) is 0 Å². The second-order valence-electron chi connectivity index (χ2n) is 10.2. The summed E-state index contributed by atoms with van der Waals surface area (Å²) in [6.07, 6.45) is 2.75. The number of hydrogen-bond acceptors (Lipinski definition) is 7. The molecule has 218 valence electrons. The first-order valence-electron chi connectivity index (χ1n) is 13.5. The predicted octanol–water partition coefficient (Wildman–Crippen LogP) is 6.47. The molecule has 6 rings (SSSR count). The quantitative estimate of drug-likeness (QED) is 0.375. The number of carbonyl (C=O) groups is 1. The zero-order valence-corrected chi connectivity index (χ0v) is 23.8. The maximum atomic E-state index is 14.1. The van der Waals surface area contributed by atoms with Crippen LogP contribution in [0.5, 0.6) is 5.75 Å². The normalized spacial score (nSPS) is 24.8. The molecule has 7 nitrogen and oxygen atoms in total. The molecule has 1 fully saturated rings. The van der Waals surface area contributed by atoms with Crippen LogP contribution in [0.1, 0.15) is 24.4 Å². The van der Waals surface area contributed by atoms with Crippen LogP contribution in [0.3, 0.4) is 0 Å². The Morgan fingerprint density at radius 1 is 1.21 bits per heavy atom. The molecule has 2 aromatic carbocycles. The predicted molar refractivity (Wildman–Crippen MR) is 159 cm³/mol. The van der Waals surface area contributed by atoms with E-state index < -0.39 is 30.4 Å². The summed E-state index contributed by atoms with van der Waals surface area (Å²) in [5.74, 6) is 0.641. The zero-order valence-electron chi connectivity index (χ0n) is 22.2. The fraction of sp³-hybridized carbons (Fsp3) is 0.300. The van der Waals surface area contributed by atoms with Gasteiger partial charge >= 0.3 is 6.09 Å². The van der Waals surface area contributed by atoms with Crippen LogP contribution in [-0.2, 0) is 0 Å². The maximum Gasteiger partial charge on any atom is 0.412 e. The Balaban J connectivity index is 1.36. The highest BCUT2D eigenvalue weighted by Crippen LogP contribution is 2.45. The Hall–Kier alpha value is -3.70. The third kappa shape index (κ3) is 5.94. The van der Waals surface area contributed by atoms with E-state index in [0.29, 0.717) is 42.1 Å². The molecule has 0 aliphatic carbocycles. The maximum absolute atomic E-state index is 14.1. The summed E-state index contributed by atoms with van der Waals surface area (Å²) in [5, 5.41) is 8.08. The molecule has 0 bridgehead atoms. The van der Waals surface area contributed by atoms with E-state index in [4.69, 9.17) is 21.3 Å². The number of amides is 1. The van der Waals surface area contributed by atoms with Gasteiger partial charge in [-0.2, -0.15) is 0 Å². The molecule has 12 heteroatoms. The smallest absolute Gasteiger partial charge is 0.410 e. The molecule has 0 saturated carbocycles. The topological polar surface area (TPSA) is 78.3 Å². The summed E-state index contributed by atoms with van der Waals surface area (Å²) in [7, 11) is 0. The van der Waals surface area contributed by atoms with Gasteiger partial charge in [0, 0.05) is 41.1 Å². The van der Waals surface area contributed by atoms with Crippen molar-refractivity contribution in [1.29, 1.82) is 0 Å². The van der Waals surface area contributed by atoms with E-state index in [1.807, 2.05) is 17.7 Å². The highest BCUT2D eigenvalue weighted by molar-refractivity contribution is 8.03. The number of thioether (sulfide) groups is 1. The number of alkyl halides is 2. The average Bonchev–Trinajstić information content (AvgIpc) is 3.67. The van der Waals surface area contributed by atoms with Crippen molar-refractivity contribution in [1.82, 2.24) is 15.5 Å². The van der Waals surface area contributed by atoms with E-state index in [0.717, 1.165) is 11.5 Å². The van der Waals surface area contributed by atoms with E-state index in [2.05, 4.69) is 20.5 Å². The summed E-state index contributed by atoms with van der Waals surface area (Å²) < 4.78 is 47.0. The minimum Gasteiger partial charge on any atom is -0.410 e. The molecule has 2 N–H and O–H groups in total. The molecule has 0 spiro atoms. The Bertz CT molecular complexity index is 1510. The van der Waals surface area contributed by atoms with Gasteiger partial charge < -0.3 is 20.3 Å². The first kappa shape index (κ1) is 28.4. The van der Waals surface area contributed by atoms with Crippen LogP contribution in [0.25, 0.3) is 0 Å². The lowest BCUT2D eigenvalue weighted by Gasteiger charge is -2.36. The number of para-hydroxylation sites is 1. The molecular weight excluding hydrogens is 587 g/mol. The van der Waals surface area contributed by atoms with E-state index in [9.17, 15) is 18.0 Å². The van der Waals surface area contributed by atoms with Crippen molar-refractivity contribution in [2.24, 2.45) is 15.9 Å². The largest absolute Gasteiger partial charge is 0.412 e. The molecule has 1 amide bonds. The highest BCUT2D eigenvalue weighted by atomic mass is 35.5. The molecular formula is C30H27ClF3N5O2S. The second kappa shape index (κ2) is 12.3. The number of nitrogens with zero attached hydrogens (tertiary/aromatic N) is 3. The lowest BCUT2D eigenvalue weighted by Crippen LogP contribution is -2.44. The van der Waals surface area contributed by atoms with Crippen molar-refractivity contribution >= 4 is 41.0 Å². The number of halogens is 4. The van der Waals surface area contributed by atoms with Crippen LogP contribution in [-0.4, -0.2) is 53.5 Å². The summed E-state index contributed by atoms with van der Waals surface area (Å²) >= 11 is 8.11. The molecule has 0 radical (unpaired) electrons. The number of dihydropyridines is 1. The molecule has 4 aliphatic heterocycles. The fourth-order valence-electron chi connectivity index (χ4n) is 5.50. The number of ether oxygens (including phenoxy) is 1. The van der Waals surface area contributed by atoms with Crippen LogP contribution < -0.4 is 15.4 Å². The summed E-state index contributed by atoms with van der Waals surface area (Å²) in [4.78, 5) is 24.2. The van der Waals surface area contributed by atoms with Gasteiger partial charge in [-0.3, -0.25) is 9.98 Å². The number of allylic oxidation sites excluding steroid dienone is 2. The Morgan fingerprint density at radius 3 is 2.79 bits per heavy atom. The number of benzene rings is 2. The number of carbonyl (C=O) groups excluding carboxylic acids is 1. The first-order valence-corrected chi connectivity index (χ1v) is 14.8. The van der Waals surface area contributed by atoms with Crippen molar-refractivity contribution in [2.75, 3.05) is 13.1 Å². The monoisotopic (exact) mass is 613 g/mol. The average molecular weight is 614 g/mol. The molecule has 4 aliphatic rings.